The molecule has 4 aromatic rings. The van der Waals surface area contributed by atoms with Gasteiger partial charge in [0, 0.05) is 33.9 Å². The molecule has 2 nitrogen and oxygen atoms in total. The molecule has 38 heavy (non-hydrogen) atoms. The van der Waals surface area contributed by atoms with E-state index in [4.69, 9.17) is 0 Å². The van der Waals surface area contributed by atoms with Crippen molar-refractivity contribution in [2.75, 3.05) is 10.6 Å². The summed E-state index contributed by atoms with van der Waals surface area (Å²) < 4.78 is 0. The van der Waals surface area contributed by atoms with Crippen LogP contribution in [0.2, 0.25) is 0 Å². The van der Waals surface area contributed by atoms with Crippen LogP contribution in [0, 0.1) is 0 Å². The Kier molecular flexibility index (Phi) is 8.72. The van der Waals surface area contributed by atoms with E-state index in [0.717, 1.165) is 56.2 Å². The maximum absolute atomic E-state index is 4.28. The third-order valence-corrected chi connectivity index (χ3v) is 6.11. The summed E-state index contributed by atoms with van der Waals surface area (Å²) in [6.45, 7) is 16.1. The highest BCUT2D eigenvalue weighted by atomic mass is 14.9. The lowest BCUT2D eigenvalue weighted by Crippen LogP contribution is -2.06. The third-order valence-electron chi connectivity index (χ3n) is 6.11. The lowest BCUT2D eigenvalue weighted by molar-refractivity contribution is 1.38. The molecule has 0 saturated heterocycles. The number of hydrogen-bond acceptors (Lipinski definition) is 2. The van der Waals surface area contributed by atoms with Crippen LogP contribution in [0.5, 0.6) is 0 Å². The lowest BCUT2D eigenvalue weighted by Gasteiger charge is -2.21. The monoisotopic (exact) mass is 492 g/mol. The molecule has 186 valence electrons. The first-order valence-corrected chi connectivity index (χ1v) is 12.5. The van der Waals surface area contributed by atoms with Crippen molar-refractivity contribution in [1.29, 1.82) is 0 Å². The van der Waals surface area contributed by atoms with Crippen LogP contribution in [-0.4, -0.2) is 0 Å². The van der Waals surface area contributed by atoms with Crippen LogP contribution in [0.1, 0.15) is 0 Å². The summed E-state index contributed by atoms with van der Waals surface area (Å²) in [6, 6.07) is 35.4. The molecular weight excluding hydrogens is 460 g/mol. The Hall–Kier alpha value is -5.08. The van der Waals surface area contributed by atoms with Crippen LogP contribution >= 0.6 is 0 Å². The van der Waals surface area contributed by atoms with Gasteiger partial charge in [-0.3, -0.25) is 0 Å². The summed E-state index contributed by atoms with van der Waals surface area (Å²) in [5.74, 6) is 0. The van der Waals surface area contributed by atoms with Gasteiger partial charge in [-0.2, -0.15) is 0 Å². The van der Waals surface area contributed by atoms with Crippen molar-refractivity contribution in [2.45, 2.75) is 0 Å². The van der Waals surface area contributed by atoms with Crippen molar-refractivity contribution in [3.8, 4) is 22.3 Å². The molecule has 2 N–H and O–H groups in total. The van der Waals surface area contributed by atoms with Crippen LogP contribution in [0.4, 0.5) is 17.1 Å². The molecule has 0 atom stereocenters. The summed E-state index contributed by atoms with van der Waals surface area (Å²) in [4.78, 5) is 0. The van der Waals surface area contributed by atoms with Crippen LogP contribution in [0.3, 0.4) is 0 Å². The van der Waals surface area contributed by atoms with E-state index in [1.165, 1.54) is 0 Å². The molecule has 2 heteroatoms. The summed E-state index contributed by atoms with van der Waals surface area (Å²) in [5, 5.41) is 7.33. The Balaban J connectivity index is 1.79. The van der Waals surface area contributed by atoms with Gasteiger partial charge in [-0.15, -0.1) is 0 Å². The smallest absolute Gasteiger partial charge is 0.0485 e. The molecule has 0 unspecified atom stereocenters. The standard InChI is InChI=1S/C36H32N2/c1-5-7-18-27(3)28(4)32(17-6-2)37-34-25-16-26-35(36(34)30-21-12-9-13-22-30)38-33-24-15-14-23-31(33)29-19-10-8-11-20-29/h5-26,37-38H,1-4H2/b18-7-,32-17+. The van der Waals surface area contributed by atoms with E-state index in [1.54, 1.807) is 12.2 Å². The predicted octanol–water partition coefficient (Wildman–Crippen LogP) is 10.1. The molecule has 0 amide bonds. The summed E-state index contributed by atoms with van der Waals surface area (Å²) >= 11 is 0. The maximum Gasteiger partial charge on any atom is 0.0485 e. The van der Waals surface area contributed by atoms with Crippen molar-refractivity contribution in [1.82, 2.24) is 0 Å². The Labute approximate surface area is 226 Å². The zero-order chi connectivity index (χ0) is 26.7. The summed E-state index contributed by atoms with van der Waals surface area (Å²) in [7, 11) is 0. The minimum atomic E-state index is 0.773. The third kappa shape index (κ3) is 6.18. The van der Waals surface area contributed by atoms with Crippen molar-refractivity contribution < 1.29 is 0 Å². The first kappa shape index (κ1) is 26.0. The molecule has 0 saturated carbocycles. The molecule has 0 radical (unpaired) electrons. The summed E-state index contributed by atoms with van der Waals surface area (Å²) in [6.07, 6.45) is 9.12. The minimum absolute atomic E-state index is 0.773. The molecule has 0 aliphatic heterocycles. The van der Waals surface area contributed by atoms with Gasteiger partial charge in [-0.1, -0.05) is 136 Å². The quantitative estimate of drug-likeness (QED) is 0.204. The van der Waals surface area contributed by atoms with Crippen molar-refractivity contribution in [3.05, 3.63) is 177 Å². The van der Waals surface area contributed by atoms with Gasteiger partial charge in [0.1, 0.15) is 0 Å². The predicted molar refractivity (Wildman–Crippen MR) is 167 cm³/mol. The van der Waals surface area contributed by atoms with Gasteiger partial charge in [0.15, 0.2) is 0 Å². The molecule has 4 rings (SSSR count). The fraction of sp³-hybridized carbons (Fsp3) is 0. The van der Waals surface area contributed by atoms with Crippen LogP contribution in [0.25, 0.3) is 22.3 Å². The van der Waals surface area contributed by atoms with Gasteiger partial charge in [-0.05, 0) is 46.5 Å². The van der Waals surface area contributed by atoms with Crippen molar-refractivity contribution in [2.24, 2.45) is 0 Å². The maximum atomic E-state index is 4.28. The van der Waals surface area contributed by atoms with Crippen molar-refractivity contribution >= 4 is 17.1 Å². The fourth-order valence-corrected chi connectivity index (χ4v) is 4.22. The second-order valence-electron chi connectivity index (χ2n) is 8.67. The fourth-order valence-electron chi connectivity index (χ4n) is 4.22. The van der Waals surface area contributed by atoms with E-state index in [0.29, 0.717) is 0 Å². The number of para-hydroxylation sites is 1. The first-order valence-electron chi connectivity index (χ1n) is 12.5. The molecule has 0 aliphatic carbocycles. The molecule has 0 spiro atoms. The van der Waals surface area contributed by atoms with E-state index < -0.39 is 0 Å². The van der Waals surface area contributed by atoms with Crippen LogP contribution < -0.4 is 10.6 Å². The number of hydrogen-bond donors (Lipinski definition) is 2. The first-order chi connectivity index (χ1) is 18.6. The Morgan fingerprint density at radius 3 is 1.89 bits per heavy atom. The molecule has 4 aromatic carbocycles. The Bertz CT molecular complexity index is 1510. The second-order valence-corrected chi connectivity index (χ2v) is 8.67. The van der Waals surface area contributed by atoms with Gasteiger partial charge in [0.2, 0.25) is 0 Å². The Morgan fingerprint density at radius 2 is 1.21 bits per heavy atom. The van der Waals surface area contributed by atoms with E-state index in [2.05, 4.69) is 122 Å². The molecule has 0 fully saturated rings. The van der Waals surface area contributed by atoms with Gasteiger partial charge < -0.3 is 10.6 Å². The average Bonchev–Trinajstić information content (AvgIpc) is 2.96. The van der Waals surface area contributed by atoms with E-state index in [9.17, 15) is 0 Å². The highest BCUT2D eigenvalue weighted by Gasteiger charge is 2.15. The highest BCUT2D eigenvalue weighted by Crippen LogP contribution is 2.40. The molecule has 0 heterocycles. The van der Waals surface area contributed by atoms with E-state index in [-0.39, 0.29) is 0 Å². The van der Waals surface area contributed by atoms with Gasteiger partial charge in [-0.25, -0.2) is 0 Å². The molecule has 0 aromatic heterocycles. The molecular formula is C36H32N2. The van der Waals surface area contributed by atoms with Gasteiger partial charge in [0.25, 0.3) is 0 Å². The van der Waals surface area contributed by atoms with Crippen LogP contribution in [0.15, 0.2) is 177 Å². The number of allylic oxidation sites excluding steroid dienone is 6. The SMILES string of the molecule is C=C/C=C\C(=C)C(=C)/C(=C\C=C)Nc1cccc(Nc2ccccc2-c2ccccc2)c1-c1ccccc1. The van der Waals surface area contributed by atoms with Crippen molar-refractivity contribution in [3.63, 3.8) is 0 Å². The Morgan fingerprint density at radius 1 is 0.605 bits per heavy atom. The second kappa shape index (κ2) is 12.8. The van der Waals surface area contributed by atoms with E-state index >= 15 is 0 Å². The number of benzene rings is 4. The average molecular weight is 493 g/mol. The normalized spacial score (nSPS) is 11.1. The number of nitrogens with one attached hydrogen (secondary N) is 2. The summed E-state index contributed by atoms with van der Waals surface area (Å²) in [5.41, 5.74) is 9.76. The lowest BCUT2D eigenvalue weighted by atomic mass is 9.98. The zero-order valence-electron chi connectivity index (χ0n) is 21.5. The van der Waals surface area contributed by atoms with E-state index in [1.807, 2.05) is 36.4 Å². The number of rotatable bonds is 11. The topological polar surface area (TPSA) is 24.1 Å². The van der Waals surface area contributed by atoms with Gasteiger partial charge in [0.05, 0.1) is 0 Å². The minimum Gasteiger partial charge on any atom is -0.354 e. The largest absolute Gasteiger partial charge is 0.354 e. The van der Waals surface area contributed by atoms with Gasteiger partial charge >= 0.3 is 0 Å². The van der Waals surface area contributed by atoms with Crippen LogP contribution in [-0.2, 0) is 0 Å². The highest BCUT2D eigenvalue weighted by molar-refractivity contribution is 5.93. The molecule has 0 bridgehead atoms. The zero-order valence-corrected chi connectivity index (χ0v) is 21.5. The number of anilines is 3. The molecule has 0 aliphatic rings.